The zero-order valence-electron chi connectivity index (χ0n) is 39.7. The van der Waals surface area contributed by atoms with E-state index in [1.807, 2.05) is 0 Å². The van der Waals surface area contributed by atoms with Crippen LogP contribution in [0.25, 0.3) is 164 Å². The van der Waals surface area contributed by atoms with Crippen molar-refractivity contribution in [2.45, 2.75) is 0 Å². The number of benzene rings is 15. The van der Waals surface area contributed by atoms with E-state index in [4.69, 9.17) is 4.42 Å². The molecule has 0 radical (unpaired) electrons. The van der Waals surface area contributed by atoms with E-state index in [2.05, 4.69) is 255 Å². The summed E-state index contributed by atoms with van der Waals surface area (Å²) in [7, 11) is 0. The maximum Gasteiger partial charge on any atom is 0.136 e. The molecular formula is C72H42O. The predicted molar refractivity (Wildman–Crippen MR) is 312 cm³/mol. The Labute approximate surface area is 420 Å². The van der Waals surface area contributed by atoms with Gasteiger partial charge in [-0.2, -0.15) is 0 Å². The van der Waals surface area contributed by atoms with Gasteiger partial charge >= 0.3 is 0 Å². The Morgan fingerprint density at radius 2 is 0.603 bits per heavy atom. The third kappa shape index (κ3) is 5.97. The fourth-order valence-corrected chi connectivity index (χ4v) is 12.7. The van der Waals surface area contributed by atoms with E-state index in [0.29, 0.717) is 0 Å². The molecule has 16 rings (SSSR count). The normalized spacial score (nSPS) is 12.1. The molecule has 336 valence electrons. The van der Waals surface area contributed by atoms with Crippen LogP contribution in [0.4, 0.5) is 0 Å². The first-order valence-corrected chi connectivity index (χ1v) is 25.3. The number of hydrogen-bond donors (Lipinski definition) is 0. The lowest BCUT2D eigenvalue weighted by molar-refractivity contribution is 0.669. The SMILES string of the molecule is c1ccc(-c2cccc(-c3c4ccccc4c(-c4cccc(-c5ccc6ccc7c(-c8ccc9oc%10cc%11c%12ccccc%12c%12ccccc%12c%11cc%10c9c8)ccc8ccc5c6c87)c4)c4ccccc34)c2)cc1. The molecule has 0 saturated heterocycles. The van der Waals surface area contributed by atoms with Gasteiger partial charge in [-0.1, -0.05) is 218 Å². The Bertz CT molecular complexity index is 4900. The summed E-state index contributed by atoms with van der Waals surface area (Å²) < 4.78 is 6.67. The molecule has 15 aromatic carbocycles. The molecule has 1 heteroatoms. The van der Waals surface area contributed by atoms with Crippen LogP contribution < -0.4 is 0 Å². The van der Waals surface area contributed by atoms with Gasteiger partial charge in [0.2, 0.25) is 0 Å². The lowest BCUT2D eigenvalue weighted by Crippen LogP contribution is -1.92. The van der Waals surface area contributed by atoms with Gasteiger partial charge in [-0.25, -0.2) is 0 Å². The quantitative estimate of drug-likeness (QED) is 0.124. The van der Waals surface area contributed by atoms with Crippen LogP contribution in [0.3, 0.4) is 0 Å². The minimum atomic E-state index is 0.901. The van der Waals surface area contributed by atoms with Crippen LogP contribution in [0.2, 0.25) is 0 Å². The van der Waals surface area contributed by atoms with E-state index in [1.54, 1.807) is 0 Å². The summed E-state index contributed by atoms with van der Waals surface area (Å²) in [6.07, 6.45) is 0. The number of fused-ring (bicyclic) bond motifs is 11. The van der Waals surface area contributed by atoms with Gasteiger partial charge in [0.15, 0.2) is 0 Å². The molecule has 1 heterocycles. The average molecular weight is 923 g/mol. The van der Waals surface area contributed by atoms with Crippen molar-refractivity contribution in [3.63, 3.8) is 0 Å². The zero-order chi connectivity index (χ0) is 47.7. The van der Waals surface area contributed by atoms with E-state index < -0.39 is 0 Å². The van der Waals surface area contributed by atoms with E-state index in [9.17, 15) is 0 Å². The molecule has 0 spiro atoms. The fourth-order valence-electron chi connectivity index (χ4n) is 12.7. The standard InChI is InChI=1S/C72H42O/c1-2-14-43(15-3-1)46-16-12-18-49(38-46)69-57-24-8-10-26-59(57)70(60-27-11-9-25-58(60)69)50-19-13-17-47(39-50)51-33-28-44-31-36-62-52(34-29-45-30-35-61(51)71(44)72(45)62)48-32-37-67-65(40-48)66-41-63-55-22-6-4-20-53(55)54-21-5-7-23-56(54)64(63)42-68(66)73-67/h1-42H. The highest BCUT2D eigenvalue weighted by Gasteiger charge is 2.21. The van der Waals surface area contributed by atoms with Crippen molar-refractivity contribution in [3.05, 3.63) is 255 Å². The fraction of sp³-hybridized carbons (Fsp3) is 0. The molecule has 0 bridgehead atoms. The van der Waals surface area contributed by atoms with Crippen molar-refractivity contribution in [2.75, 3.05) is 0 Å². The Morgan fingerprint density at radius 1 is 0.192 bits per heavy atom. The Balaban J connectivity index is 0.846. The van der Waals surface area contributed by atoms with Crippen LogP contribution in [-0.4, -0.2) is 0 Å². The molecule has 0 fully saturated rings. The van der Waals surface area contributed by atoms with Gasteiger partial charge in [0, 0.05) is 10.8 Å². The van der Waals surface area contributed by atoms with Gasteiger partial charge in [-0.3, -0.25) is 0 Å². The van der Waals surface area contributed by atoms with Gasteiger partial charge < -0.3 is 4.42 Å². The smallest absolute Gasteiger partial charge is 0.136 e. The molecule has 73 heavy (non-hydrogen) atoms. The molecule has 0 aliphatic rings. The lowest BCUT2D eigenvalue weighted by Gasteiger charge is -2.19. The minimum absolute atomic E-state index is 0.901. The molecule has 0 amide bonds. The second kappa shape index (κ2) is 15.5. The van der Waals surface area contributed by atoms with Crippen LogP contribution in [0, 0.1) is 0 Å². The monoisotopic (exact) mass is 922 g/mol. The van der Waals surface area contributed by atoms with Crippen molar-refractivity contribution in [1.82, 2.24) is 0 Å². The van der Waals surface area contributed by atoms with Crippen molar-refractivity contribution in [1.29, 1.82) is 0 Å². The van der Waals surface area contributed by atoms with E-state index in [-0.39, 0.29) is 0 Å². The topological polar surface area (TPSA) is 13.1 Å². The number of hydrogen-bond acceptors (Lipinski definition) is 1. The lowest BCUT2D eigenvalue weighted by atomic mass is 9.84. The van der Waals surface area contributed by atoms with Crippen LogP contribution in [-0.2, 0) is 0 Å². The number of rotatable bonds is 5. The van der Waals surface area contributed by atoms with E-state index in [1.165, 1.54) is 142 Å². The maximum atomic E-state index is 6.67. The highest BCUT2D eigenvalue weighted by atomic mass is 16.3. The molecule has 1 aromatic heterocycles. The summed E-state index contributed by atoms with van der Waals surface area (Å²) >= 11 is 0. The highest BCUT2D eigenvalue weighted by molar-refractivity contribution is 6.30. The zero-order valence-corrected chi connectivity index (χ0v) is 39.7. The van der Waals surface area contributed by atoms with Crippen molar-refractivity contribution in [2.24, 2.45) is 0 Å². The molecule has 0 unspecified atom stereocenters. The Kier molecular flexibility index (Phi) is 8.52. The first kappa shape index (κ1) is 40.2. The second-order valence-electron chi connectivity index (χ2n) is 19.8. The summed E-state index contributed by atoms with van der Waals surface area (Å²) in [5, 5.41) is 22.4. The molecule has 0 aliphatic heterocycles. The molecule has 16 aromatic rings. The van der Waals surface area contributed by atoms with Gasteiger partial charge in [0.25, 0.3) is 0 Å². The van der Waals surface area contributed by atoms with Crippen LogP contribution in [0.15, 0.2) is 259 Å². The summed E-state index contributed by atoms with van der Waals surface area (Å²) in [5.41, 5.74) is 14.0. The van der Waals surface area contributed by atoms with Gasteiger partial charge in [0.05, 0.1) is 0 Å². The average Bonchev–Trinajstić information content (AvgIpc) is 3.82. The van der Waals surface area contributed by atoms with Crippen LogP contribution in [0.5, 0.6) is 0 Å². The van der Waals surface area contributed by atoms with E-state index in [0.717, 1.165) is 21.9 Å². The summed E-state index contributed by atoms with van der Waals surface area (Å²) in [6, 6.07) is 94.4. The van der Waals surface area contributed by atoms with Crippen LogP contribution in [0.1, 0.15) is 0 Å². The van der Waals surface area contributed by atoms with Crippen molar-refractivity contribution in [3.8, 4) is 55.6 Å². The van der Waals surface area contributed by atoms with E-state index >= 15 is 0 Å². The van der Waals surface area contributed by atoms with Crippen molar-refractivity contribution >= 4 is 108 Å². The first-order valence-electron chi connectivity index (χ1n) is 25.3. The molecule has 0 saturated carbocycles. The third-order valence-electron chi connectivity index (χ3n) is 16.0. The highest BCUT2D eigenvalue weighted by Crippen LogP contribution is 2.48. The minimum Gasteiger partial charge on any atom is -0.456 e. The molecule has 1 nitrogen and oxygen atoms in total. The largest absolute Gasteiger partial charge is 0.456 e. The summed E-state index contributed by atoms with van der Waals surface area (Å²) in [4.78, 5) is 0. The molecule has 0 atom stereocenters. The van der Waals surface area contributed by atoms with Crippen molar-refractivity contribution < 1.29 is 4.42 Å². The Morgan fingerprint density at radius 3 is 1.16 bits per heavy atom. The molecular weight excluding hydrogens is 881 g/mol. The van der Waals surface area contributed by atoms with Gasteiger partial charge in [-0.05, 0) is 178 Å². The van der Waals surface area contributed by atoms with Gasteiger partial charge in [-0.15, -0.1) is 0 Å². The summed E-state index contributed by atoms with van der Waals surface area (Å²) in [5.74, 6) is 0. The predicted octanol–water partition coefficient (Wildman–Crippen LogP) is 20.6. The molecule has 0 aliphatic carbocycles. The summed E-state index contributed by atoms with van der Waals surface area (Å²) in [6.45, 7) is 0. The Hall–Kier alpha value is -9.56. The second-order valence-corrected chi connectivity index (χ2v) is 19.8. The maximum absolute atomic E-state index is 6.67. The molecule has 0 N–H and O–H groups in total. The van der Waals surface area contributed by atoms with Crippen LogP contribution >= 0.6 is 0 Å². The third-order valence-corrected chi connectivity index (χ3v) is 16.0. The number of furan rings is 1. The van der Waals surface area contributed by atoms with Gasteiger partial charge in [0.1, 0.15) is 11.2 Å². The first-order chi connectivity index (χ1) is 36.2.